The highest BCUT2D eigenvalue weighted by atomic mass is 19.4. The molecule has 1 aromatic heterocycles. The molecule has 0 aliphatic carbocycles. The molecular weight excluding hydrogens is 339 g/mol. The number of anilines is 1. The number of ether oxygens (including phenoxy) is 1. The van der Waals surface area contributed by atoms with Gasteiger partial charge in [0.05, 0.1) is 11.9 Å². The third kappa shape index (κ3) is 5.33. The third-order valence-electron chi connectivity index (χ3n) is 3.72. The zero-order valence-corrected chi connectivity index (χ0v) is 14.0. The lowest BCUT2D eigenvalue weighted by molar-refractivity contribution is -0.154. The number of carbonyl (C=O) groups is 2. The maximum absolute atomic E-state index is 12.4. The van der Waals surface area contributed by atoms with Gasteiger partial charge in [-0.25, -0.2) is 4.98 Å². The van der Waals surface area contributed by atoms with E-state index in [-0.39, 0.29) is 23.6 Å². The molecule has 2 rings (SSSR count). The van der Waals surface area contributed by atoms with Crippen molar-refractivity contribution in [1.29, 1.82) is 0 Å². The highest BCUT2D eigenvalue weighted by Gasteiger charge is 2.35. The van der Waals surface area contributed by atoms with Gasteiger partial charge in [0.2, 0.25) is 17.7 Å². The first-order valence-electron chi connectivity index (χ1n) is 7.94. The molecule has 138 valence electrons. The fourth-order valence-corrected chi connectivity index (χ4v) is 2.56. The molecule has 0 radical (unpaired) electrons. The fourth-order valence-electron chi connectivity index (χ4n) is 2.56. The predicted molar refractivity (Wildman–Crippen MR) is 84.0 cm³/mol. The Morgan fingerprint density at radius 1 is 1.40 bits per heavy atom. The summed E-state index contributed by atoms with van der Waals surface area (Å²) in [6.07, 6.45) is -1.90. The summed E-state index contributed by atoms with van der Waals surface area (Å²) in [5.41, 5.74) is 0.327. The molecule has 1 fully saturated rings. The monoisotopic (exact) mass is 359 g/mol. The second-order valence-corrected chi connectivity index (χ2v) is 6.12. The summed E-state index contributed by atoms with van der Waals surface area (Å²) in [6, 6.07) is 2.10. The van der Waals surface area contributed by atoms with Gasteiger partial charge in [0.25, 0.3) is 0 Å². The molecule has 2 heterocycles. The molecule has 0 saturated carbocycles. The molecule has 1 aliphatic rings. The van der Waals surface area contributed by atoms with Crippen LogP contribution in [0.15, 0.2) is 18.3 Å². The fraction of sp³-hybridized carbons (Fsp3) is 0.562. The van der Waals surface area contributed by atoms with Crippen molar-refractivity contribution in [3.8, 4) is 5.88 Å². The molecule has 25 heavy (non-hydrogen) atoms. The molecule has 1 aliphatic heterocycles. The van der Waals surface area contributed by atoms with Crippen LogP contribution in [0.4, 0.5) is 18.9 Å². The van der Waals surface area contributed by atoms with E-state index in [1.807, 2.05) is 0 Å². The summed E-state index contributed by atoms with van der Waals surface area (Å²) in [6.45, 7) is 2.66. The number of nitrogens with zero attached hydrogens (tertiary/aromatic N) is 2. The predicted octanol–water partition coefficient (Wildman–Crippen LogP) is 2.61. The minimum Gasteiger partial charge on any atom is -0.468 e. The van der Waals surface area contributed by atoms with Gasteiger partial charge in [-0.2, -0.15) is 13.2 Å². The average Bonchev–Trinajstić information content (AvgIpc) is 3.02. The van der Waals surface area contributed by atoms with Gasteiger partial charge in [0.1, 0.15) is 6.04 Å². The van der Waals surface area contributed by atoms with E-state index in [1.54, 1.807) is 18.7 Å². The Morgan fingerprint density at radius 3 is 2.68 bits per heavy atom. The first-order valence-corrected chi connectivity index (χ1v) is 7.94. The number of alkyl halides is 3. The largest absolute Gasteiger partial charge is 0.468 e. The Morgan fingerprint density at radius 2 is 2.12 bits per heavy atom. The van der Waals surface area contributed by atoms with Gasteiger partial charge >= 0.3 is 6.18 Å². The zero-order valence-electron chi connectivity index (χ0n) is 14.0. The Kier molecular flexibility index (Phi) is 5.86. The van der Waals surface area contributed by atoms with Crippen LogP contribution in [0.1, 0.15) is 26.7 Å². The van der Waals surface area contributed by atoms with Crippen molar-refractivity contribution in [3.05, 3.63) is 18.3 Å². The summed E-state index contributed by atoms with van der Waals surface area (Å²) in [5.74, 6) is -0.795. The zero-order chi connectivity index (χ0) is 18.6. The Hall–Kier alpha value is -2.32. The van der Waals surface area contributed by atoms with Crippen molar-refractivity contribution in [3.63, 3.8) is 0 Å². The van der Waals surface area contributed by atoms with Crippen LogP contribution in [0.5, 0.6) is 5.88 Å². The quantitative estimate of drug-likeness (QED) is 0.877. The molecule has 9 heteroatoms. The molecule has 1 atom stereocenters. The summed E-state index contributed by atoms with van der Waals surface area (Å²) < 4.78 is 40.7. The number of hydrogen-bond acceptors (Lipinski definition) is 4. The van der Waals surface area contributed by atoms with Crippen molar-refractivity contribution in [1.82, 2.24) is 9.88 Å². The molecule has 1 aromatic rings. The van der Waals surface area contributed by atoms with Crippen LogP contribution >= 0.6 is 0 Å². The van der Waals surface area contributed by atoms with E-state index in [2.05, 4.69) is 15.0 Å². The van der Waals surface area contributed by atoms with Crippen LogP contribution in [0.3, 0.4) is 0 Å². The van der Waals surface area contributed by atoms with Crippen molar-refractivity contribution in [2.75, 3.05) is 18.5 Å². The first-order chi connectivity index (χ1) is 11.7. The normalized spacial score (nSPS) is 17.7. The van der Waals surface area contributed by atoms with Crippen LogP contribution in [-0.2, 0) is 9.59 Å². The van der Waals surface area contributed by atoms with Gasteiger partial charge in [-0.3, -0.25) is 9.59 Å². The Balaban J connectivity index is 1.95. The summed E-state index contributed by atoms with van der Waals surface area (Å²) >= 11 is 0. The second-order valence-electron chi connectivity index (χ2n) is 6.12. The van der Waals surface area contributed by atoms with E-state index in [1.165, 1.54) is 18.3 Å². The molecule has 1 unspecified atom stereocenters. The Bertz CT molecular complexity index is 617. The highest BCUT2D eigenvalue weighted by Crippen LogP contribution is 2.22. The van der Waals surface area contributed by atoms with Gasteiger partial charge in [-0.15, -0.1) is 0 Å². The van der Waals surface area contributed by atoms with Crippen molar-refractivity contribution < 1.29 is 27.5 Å². The Labute approximate surface area is 143 Å². The van der Waals surface area contributed by atoms with E-state index in [9.17, 15) is 22.8 Å². The number of aromatic nitrogens is 1. The van der Waals surface area contributed by atoms with Crippen LogP contribution < -0.4 is 10.1 Å². The number of likely N-dealkylation sites (tertiary alicyclic amines) is 1. The number of hydrogen-bond donors (Lipinski definition) is 1. The molecule has 1 saturated heterocycles. The van der Waals surface area contributed by atoms with Gasteiger partial charge in [-0.1, -0.05) is 13.8 Å². The standard InChI is InChI=1S/C16H20F3N3O3/c1-10(2)15(24)22-7-3-4-12(22)14(23)21-11-5-6-13(20-8-11)25-9-16(17,18)19/h5-6,8,10,12H,3-4,7,9H2,1-2H3,(H,21,23). The second kappa shape index (κ2) is 7.71. The smallest absolute Gasteiger partial charge is 0.422 e. The van der Waals surface area contributed by atoms with Gasteiger partial charge in [0.15, 0.2) is 6.61 Å². The number of carbonyl (C=O) groups excluding carboxylic acids is 2. The topological polar surface area (TPSA) is 71.5 Å². The van der Waals surface area contributed by atoms with Crippen LogP contribution in [0, 0.1) is 5.92 Å². The average molecular weight is 359 g/mol. The van der Waals surface area contributed by atoms with Crippen LogP contribution in [-0.4, -0.2) is 47.1 Å². The SMILES string of the molecule is CC(C)C(=O)N1CCCC1C(=O)Nc1ccc(OCC(F)(F)F)nc1. The van der Waals surface area contributed by atoms with Crippen molar-refractivity contribution >= 4 is 17.5 Å². The highest BCUT2D eigenvalue weighted by molar-refractivity contribution is 5.97. The molecular formula is C16H20F3N3O3. The van der Waals surface area contributed by atoms with E-state index in [0.29, 0.717) is 18.7 Å². The lowest BCUT2D eigenvalue weighted by Gasteiger charge is -2.25. The first kappa shape index (κ1) is 19.0. The minimum absolute atomic E-state index is 0.0772. The van der Waals surface area contributed by atoms with E-state index in [0.717, 1.165) is 6.42 Å². The van der Waals surface area contributed by atoms with Crippen molar-refractivity contribution in [2.24, 2.45) is 5.92 Å². The van der Waals surface area contributed by atoms with Crippen LogP contribution in [0.25, 0.3) is 0 Å². The number of amides is 2. The summed E-state index contributed by atoms with van der Waals surface area (Å²) in [5, 5.41) is 2.63. The number of nitrogens with one attached hydrogen (secondary N) is 1. The molecule has 0 bridgehead atoms. The van der Waals surface area contributed by atoms with Crippen LogP contribution in [0.2, 0.25) is 0 Å². The van der Waals surface area contributed by atoms with E-state index in [4.69, 9.17) is 0 Å². The number of rotatable bonds is 5. The summed E-state index contributed by atoms with van der Waals surface area (Å²) in [7, 11) is 0. The maximum Gasteiger partial charge on any atom is 0.422 e. The van der Waals surface area contributed by atoms with Crippen molar-refractivity contribution in [2.45, 2.75) is 38.9 Å². The van der Waals surface area contributed by atoms with Gasteiger partial charge in [-0.05, 0) is 18.9 Å². The number of pyridine rings is 1. The molecule has 0 aromatic carbocycles. The maximum atomic E-state index is 12.4. The third-order valence-corrected chi connectivity index (χ3v) is 3.72. The van der Waals surface area contributed by atoms with E-state index < -0.39 is 18.8 Å². The lowest BCUT2D eigenvalue weighted by Crippen LogP contribution is -2.44. The molecule has 1 N–H and O–H groups in total. The molecule has 2 amide bonds. The molecule has 0 spiro atoms. The summed E-state index contributed by atoms with van der Waals surface area (Å²) in [4.78, 5) is 29.8. The lowest BCUT2D eigenvalue weighted by atomic mass is 10.1. The van der Waals surface area contributed by atoms with Gasteiger partial charge in [0, 0.05) is 18.5 Å². The minimum atomic E-state index is -4.44. The van der Waals surface area contributed by atoms with E-state index >= 15 is 0 Å². The van der Waals surface area contributed by atoms with Gasteiger partial charge < -0.3 is 15.0 Å². The number of halogens is 3. The molecule has 6 nitrogen and oxygen atoms in total.